The maximum atomic E-state index is 12.1. The molecule has 0 aromatic heterocycles. The van der Waals surface area contributed by atoms with E-state index in [1.54, 1.807) is 0 Å². The molecule has 0 radical (unpaired) electrons. The van der Waals surface area contributed by atoms with Gasteiger partial charge in [0.1, 0.15) is 5.78 Å². The van der Waals surface area contributed by atoms with Crippen LogP contribution in [0.3, 0.4) is 0 Å². The van der Waals surface area contributed by atoms with Gasteiger partial charge in [-0.15, -0.1) is 6.58 Å². The summed E-state index contributed by atoms with van der Waals surface area (Å²) in [5, 5.41) is 0. The average molecular weight is 309 g/mol. The second-order valence-electron chi connectivity index (χ2n) is 8.68. The van der Waals surface area contributed by atoms with E-state index in [2.05, 4.69) is 54.2 Å². The van der Waals surface area contributed by atoms with Gasteiger partial charge in [-0.2, -0.15) is 0 Å². The third-order valence-electron chi connectivity index (χ3n) is 5.21. The lowest BCUT2D eigenvalue weighted by Crippen LogP contribution is -2.38. The predicted molar refractivity (Wildman–Crippen MR) is 93.9 cm³/mol. The molecule has 0 N–H and O–H groups in total. The molecular formula is C20H36O2. The van der Waals surface area contributed by atoms with Crippen LogP contribution in [0.5, 0.6) is 0 Å². The summed E-state index contributed by atoms with van der Waals surface area (Å²) >= 11 is 0. The number of rotatable bonds is 8. The van der Waals surface area contributed by atoms with Crippen molar-refractivity contribution in [2.75, 3.05) is 6.61 Å². The number of ether oxygens (including phenoxy) is 1. The standard InChI is InChI=1S/C20H36O2/c1-8-10-11-15(21)12-13-17(19(3,4)5)18-16(9-2)20(6,7)14-22-18/h9,16-18H,2,8,10-14H2,1,3-7H3. The third-order valence-corrected chi connectivity index (χ3v) is 5.21. The minimum absolute atomic E-state index is 0.136. The van der Waals surface area contributed by atoms with Crippen molar-refractivity contribution in [3.8, 4) is 0 Å². The second kappa shape index (κ2) is 7.77. The van der Waals surface area contributed by atoms with Gasteiger partial charge in [0, 0.05) is 18.8 Å². The number of ketones is 1. The van der Waals surface area contributed by atoms with E-state index in [1.165, 1.54) is 0 Å². The van der Waals surface area contributed by atoms with Gasteiger partial charge in [-0.3, -0.25) is 4.79 Å². The highest BCUT2D eigenvalue weighted by molar-refractivity contribution is 5.78. The van der Waals surface area contributed by atoms with Crippen molar-refractivity contribution in [1.82, 2.24) is 0 Å². The minimum atomic E-state index is 0.136. The highest BCUT2D eigenvalue weighted by Crippen LogP contribution is 2.47. The van der Waals surface area contributed by atoms with E-state index in [9.17, 15) is 4.79 Å². The molecule has 1 aliphatic heterocycles. The molecule has 2 heteroatoms. The number of unbranched alkanes of at least 4 members (excludes halogenated alkanes) is 1. The molecule has 0 aromatic rings. The molecule has 0 amide bonds. The quantitative estimate of drug-likeness (QED) is 0.560. The Morgan fingerprint density at radius 3 is 2.50 bits per heavy atom. The number of hydrogen-bond donors (Lipinski definition) is 0. The van der Waals surface area contributed by atoms with Crippen LogP contribution in [-0.4, -0.2) is 18.5 Å². The molecule has 1 fully saturated rings. The highest BCUT2D eigenvalue weighted by Gasteiger charge is 2.47. The van der Waals surface area contributed by atoms with E-state index in [0.717, 1.165) is 32.3 Å². The van der Waals surface area contributed by atoms with Crippen LogP contribution in [0, 0.1) is 22.7 Å². The van der Waals surface area contributed by atoms with Gasteiger partial charge in [-0.1, -0.05) is 54.0 Å². The van der Waals surface area contributed by atoms with Crippen LogP contribution in [0.15, 0.2) is 12.7 Å². The molecule has 2 nitrogen and oxygen atoms in total. The van der Waals surface area contributed by atoms with Crippen molar-refractivity contribution in [1.29, 1.82) is 0 Å². The highest BCUT2D eigenvalue weighted by atomic mass is 16.5. The van der Waals surface area contributed by atoms with Crippen LogP contribution in [0.4, 0.5) is 0 Å². The summed E-state index contributed by atoms with van der Waals surface area (Å²) in [6.45, 7) is 18.3. The first-order valence-electron chi connectivity index (χ1n) is 8.89. The largest absolute Gasteiger partial charge is 0.377 e. The number of carbonyl (C=O) groups excluding carboxylic acids is 1. The van der Waals surface area contributed by atoms with E-state index < -0.39 is 0 Å². The van der Waals surface area contributed by atoms with Crippen molar-refractivity contribution in [3.63, 3.8) is 0 Å². The van der Waals surface area contributed by atoms with Gasteiger partial charge in [-0.05, 0) is 29.6 Å². The maximum absolute atomic E-state index is 12.1. The zero-order chi connectivity index (χ0) is 17.0. The van der Waals surface area contributed by atoms with E-state index >= 15 is 0 Å². The summed E-state index contributed by atoms with van der Waals surface area (Å²) in [5.41, 5.74) is 0.277. The van der Waals surface area contributed by atoms with Crippen LogP contribution < -0.4 is 0 Å². The average Bonchev–Trinajstić information content (AvgIpc) is 2.70. The van der Waals surface area contributed by atoms with Gasteiger partial charge in [0.2, 0.25) is 0 Å². The van der Waals surface area contributed by atoms with Crippen molar-refractivity contribution >= 4 is 5.78 Å². The van der Waals surface area contributed by atoms with Crippen LogP contribution in [-0.2, 0) is 9.53 Å². The monoisotopic (exact) mass is 308 g/mol. The Morgan fingerprint density at radius 2 is 2.00 bits per heavy atom. The van der Waals surface area contributed by atoms with Crippen LogP contribution in [0.1, 0.15) is 73.6 Å². The number of Topliss-reactive ketones (excluding diaryl/α,β-unsaturated/α-hetero) is 1. The Hall–Kier alpha value is -0.630. The van der Waals surface area contributed by atoms with Gasteiger partial charge < -0.3 is 4.74 Å². The van der Waals surface area contributed by atoms with Gasteiger partial charge in [0.05, 0.1) is 12.7 Å². The first kappa shape index (κ1) is 19.4. The molecule has 3 unspecified atom stereocenters. The lowest BCUT2D eigenvalue weighted by Gasteiger charge is -2.38. The Balaban J connectivity index is 2.78. The molecular weight excluding hydrogens is 272 g/mol. The van der Waals surface area contributed by atoms with Gasteiger partial charge in [0.15, 0.2) is 0 Å². The molecule has 0 aliphatic carbocycles. The minimum Gasteiger partial charge on any atom is -0.377 e. The molecule has 128 valence electrons. The Morgan fingerprint density at radius 1 is 1.36 bits per heavy atom. The summed E-state index contributed by atoms with van der Waals surface area (Å²) in [6, 6.07) is 0. The molecule has 0 bridgehead atoms. The predicted octanol–water partition coefficient (Wildman–Crippen LogP) is 5.42. The van der Waals surface area contributed by atoms with Gasteiger partial charge in [-0.25, -0.2) is 0 Å². The zero-order valence-corrected chi connectivity index (χ0v) is 15.6. The summed E-state index contributed by atoms with van der Waals surface area (Å²) in [7, 11) is 0. The van der Waals surface area contributed by atoms with Gasteiger partial charge in [0.25, 0.3) is 0 Å². The second-order valence-corrected chi connectivity index (χ2v) is 8.68. The fourth-order valence-electron chi connectivity index (χ4n) is 3.68. The van der Waals surface area contributed by atoms with Crippen molar-refractivity contribution in [2.45, 2.75) is 79.8 Å². The molecule has 3 atom stereocenters. The summed E-state index contributed by atoms with van der Waals surface area (Å²) in [6.07, 6.45) is 6.70. The Labute approximate surface area is 137 Å². The molecule has 1 aliphatic rings. The fourth-order valence-corrected chi connectivity index (χ4v) is 3.68. The fraction of sp³-hybridized carbons (Fsp3) is 0.850. The Bertz CT molecular complexity index is 376. The van der Waals surface area contributed by atoms with E-state index in [0.29, 0.717) is 24.0 Å². The topological polar surface area (TPSA) is 26.3 Å². The molecule has 0 spiro atoms. The number of carbonyl (C=O) groups is 1. The first-order valence-corrected chi connectivity index (χ1v) is 8.89. The molecule has 1 heterocycles. The van der Waals surface area contributed by atoms with E-state index in [4.69, 9.17) is 4.74 Å². The van der Waals surface area contributed by atoms with Crippen molar-refractivity contribution in [2.24, 2.45) is 22.7 Å². The summed E-state index contributed by atoms with van der Waals surface area (Å²) in [4.78, 5) is 12.1. The van der Waals surface area contributed by atoms with E-state index in [-0.39, 0.29) is 16.9 Å². The van der Waals surface area contributed by atoms with Crippen molar-refractivity contribution in [3.05, 3.63) is 12.7 Å². The zero-order valence-electron chi connectivity index (χ0n) is 15.6. The van der Waals surface area contributed by atoms with Crippen LogP contribution in [0.25, 0.3) is 0 Å². The van der Waals surface area contributed by atoms with Crippen LogP contribution in [0.2, 0.25) is 0 Å². The first-order chi connectivity index (χ1) is 10.1. The lowest BCUT2D eigenvalue weighted by molar-refractivity contribution is -0.120. The summed E-state index contributed by atoms with van der Waals surface area (Å²) in [5.74, 6) is 1.16. The molecule has 1 rings (SSSR count). The van der Waals surface area contributed by atoms with Crippen LogP contribution >= 0.6 is 0 Å². The smallest absolute Gasteiger partial charge is 0.132 e. The SMILES string of the molecule is C=CC1C(C(CCC(=O)CCCC)C(C)(C)C)OCC1(C)C. The van der Waals surface area contributed by atoms with E-state index in [1.807, 2.05) is 0 Å². The molecule has 22 heavy (non-hydrogen) atoms. The molecule has 1 saturated heterocycles. The molecule has 0 aromatic carbocycles. The summed E-state index contributed by atoms with van der Waals surface area (Å²) < 4.78 is 6.19. The normalized spacial score (nSPS) is 25.9. The number of hydrogen-bond acceptors (Lipinski definition) is 2. The molecule has 0 saturated carbocycles. The Kier molecular flexibility index (Phi) is 6.85. The third kappa shape index (κ3) is 4.94. The lowest BCUT2D eigenvalue weighted by atomic mass is 9.67. The van der Waals surface area contributed by atoms with Gasteiger partial charge >= 0.3 is 0 Å². The maximum Gasteiger partial charge on any atom is 0.132 e. The van der Waals surface area contributed by atoms with Crippen molar-refractivity contribution < 1.29 is 9.53 Å².